The quantitative estimate of drug-likeness (QED) is 0.337. The molecule has 0 radical (unpaired) electrons. The summed E-state index contributed by atoms with van der Waals surface area (Å²) in [6.07, 6.45) is 0. The number of carbonyl (C=O) groups is 2. The van der Waals surface area contributed by atoms with Crippen LogP contribution in [0.15, 0.2) is 64.5 Å². The molecule has 0 N–H and O–H groups in total. The summed E-state index contributed by atoms with van der Waals surface area (Å²) in [6, 6.07) is 16.6. The van der Waals surface area contributed by atoms with Crippen LogP contribution in [0.5, 0.6) is 0 Å². The number of fused-ring (bicyclic) bond motifs is 1. The molecule has 0 unspecified atom stereocenters. The van der Waals surface area contributed by atoms with Crippen LogP contribution in [0, 0.1) is 0 Å². The lowest BCUT2D eigenvalue weighted by Crippen LogP contribution is -2.30. The number of hydrogen-bond acceptors (Lipinski definition) is 6. The van der Waals surface area contributed by atoms with Gasteiger partial charge in [-0.05, 0) is 17.7 Å². The van der Waals surface area contributed by atoms with Crippen molar-refractivity contribution in [2.45, 2.75) is 18.2 Å². The van der Waals surface area contributed by atoms with Crippen LogP contribution in [-0.2, 0) is 27.4 Å². The molecule has 0 fully saturated rings. The van der Waals surface area contributed by atoms with Gasteiger partial charge in [-0.25, -0.2) is 4.98 Å². The largest absolute Gasteiger partial charge is 0.468 e. The van der Waals surface area contributed by atoms with E-state index in [-0.39, 0.29) is 23.8 Å². The van der Waals surface area contributed by atoms with Crippen molar-refractivity contribution in [1.82, 2.24) is 14.5 Å². The number of aromatic nitrogens is 2. The van der Waals surface area contributed by atoms with Crippen LogP contribution in [0.25, 0.3) is 10.9 Å². The van der Waals surface area contributed by atoms with Gasteiger partial charge in [-0.1, -0.05) is 54.2 Å². The van der Waals surface area contributed by atoms with Gasteiger partial charge in [0.1, 0.15) is 6.54 Å². The Morgan fingerprint density at radius 2 is 1.79 bits per heavy atom. The Morgan fingerprint density at radius 1 is 1.10 bits per heavy atom. The highest BCUT2D eigenvalue weighted by molar-refractivity contribution is 7.99. The van der Waals surface area contributed by atoms with E-state index >= 15 is 0 Å². The molecule has 0 spiro atoms. The highest BCUT2D eigenvalue weighted by Crippen LogP contribution is 2.18. The molecular weight excluding hydrogens is 390 g/mol. The second kappa shape index (κ2) is 9.38. The summed E-state index contributed by atoms with van der Waals surface area (Å²) in [5, 5.41) is 0.717. The lowest BCUT2D eigenvalue weighted by atomic mass is 10.2. The lowest BCUT2D eigenvalue weighted by molar-refractivity contribution is -0.141. The van der Waals surface area contributed by atoms with Crippen LogP contribution >= 0.6 is 11.8 Å². The average Bonchev–Trinajstić information content (AvgIpc) is 2.74. The van der Waals surface area contributed by atoms with Crippen molar-refractivity contribution < 1.29 is 14.3 Å². The Kier molecular flexibility index (Phi) is 6.66. The fraction of sp³-hybridized carbons (Fsp3) is 0.238. The molecule has 1 heterocycles. The van der Waals surface area contributed by atoms with E-state index in [9.17, 15) is 14.4 Å². The smallest absolute Gasteiger partial charge is 0.325 e. The van der Waals surface area contributed by atoms with Crippen molar-refractivity contribution in [1.29, 1.82) is 0 Å². The number of amides is 1. The molecule has 0 bridgehead atoms. The summed E-state index contributed by atoms with van der Waals surface area (Å²) in [4.78, 5) is 43.3. The molecule has 1 aromatic heterocycles. The zero-order valence-electron chi connectivity index (χ0n) is 16.2. The third-order valence-electron chi connectivity index (χ3n) is 4.35. The van der Waals surface area contributed by atoms with Crippen LogP contribution in [0.1, 0.15) is 5.56 Å². The predicted molar refractivity (Wildman–Crippen MR) is 112 cm³/mol. The van der Waals surface area contributed by atoms with Gasteiger partial charge in [0, 0.05) is 13.6 Å². The zero-order chi connectivity index (χ0) is 20.8. The third-order valence-corrected chi connectivity index (χ3v) is 5.32. The van der Waals surface area contributed by atoms with E-state index < -0.39 is 5.97 Å². The van der Waals surface area contributed by atoms with Crippen molar-refractivity contribution in [3.63, 3.8) is 0 Å². The number of rotatable bonds is 7. The maximum Gasteiger partial charge on any atom is 0.325 e. The molecule has 2 aromatic carbocycles. The normalized spacial score (nSPS) is 10.7. The number of para-hydroxylation sites is 1. The van der Waals surface area contributed by atoms with E-state index in [1.807, 2.05) is 30.3 Å². The molecule has 29 heavy (non-hydrogen) atoms. The number of benzene rings is 2. The maximum absolute atomic E-state index is 12.8. The second-order valence-corrected chi connectivity index (χ2v) is 7.35. The number of nitrogens with zero attached hydrogens (tertiary/aromatic N) is 3. The van der Waals surface area contributed by atoms with Crippen molar-refractivity contribution >= 4 is 34.5 Å². The second-order valence-electron chi connectivity index (χ2n) is 6.40. The number of methoxy groups -OCH3 is 1. The summed E-state index contributed by atoms with van der Waals surface area (Å²) >= 11 is 1.13. The van der Waals surface area contributed by atoms with Gasteiger partial charge < -0.3 is 9.64 Å². The molecule has 0 aliphatic rings. The first-order chi connectivity index (χ1) is 14.0. The Hall–Kier alpha value is -3.13. The van der Waals surface area contributed by atoms with Crippen molar-refractivity contribution in [2.24, 2.45) is 0 Å². The Balaban J connectivity index is 1.81. The Labute approximate surface area is 172 Å². The number of ether oxygens (including phenoxy) is 1. The minimum Gasteiger partial charge on any atom is -0.468 e. The third kappa shape index (κ3) is 5.03. The molecule has 0 saturated heterocycles. The average molecular weight is 411 g/mol. The van der Waals surface area contributed by atoms with Gasteiger partial charge in [0.25, 0.3) is 5.56 Å². The number of hydrogen-bond donors (Lipinski definition) is 0. The van der Waals surface area contributed by atoms with Crippen LogP contribution in [-0.4, -0.2) is 46.2 Å². The van der Waals surface area contributed by atoms with E-state index in [0.29, 0.717) is 22.6 Å². The van der Waals surface area contributed by atoms with Gasteiger partial charge in [0.15, 0.2) is 5.16 Å². The monoisotopic (exact) mass is 411 g/mol. The summed E-state index contributed by atoms with van der Waals surface area (Å²) in [5.74, 6) is -0.570. The molecule has 150 valence electrons. The number of carbonyl (C=O) groups excluding carboxylic acids is 2. The molecule has 8 heteroatoms. The standard InChI is InChI=1S/C21H21N3O4S/c1-23(12-15-8-4-3-5-9-15)18(25)14-29-21-22-17-11-7-6-10-16(17)20(27)24(21)13-19(26)28-2/h3-11H,12-14H2,1-2H3. The fourth-order valence-electron chi connectivity index (χ4n) is 2.77. The minimum atomic E-state index is -0.557. The maximum atomic E-state index is 12.8. The van der Waals surface area contributed by atoms with Crippen molar-refractivity contribution in [3.05, 3.63) is 70.5 Å². The molecule has 1 amide bonds. The fourth-order valence-corrected chi connectivity index (χ4v) is 3.71. The highest BCUT2D eigenvalue weighted by Gasteiger charge is 2.17. The van der Waals surface area contributed by atoms with Crippen molar-refractivity contribution in [2.75, 3.05) is 19.9 Å². The van der Waals surface area contributed by atoms with Gasteiger partial charge >= 0.3 is 5.97 Å². The number of thioether (sulfide) groups is 1. The summed E-state index contributed by atoms with van der Waals surface area (Å²) < 4.78 is 5.95. The summed E-state index contributed by atoms with van der Waals surface area (Å²) in [7, 11) is 2.99. The van der Waals surface area contributed by atoms with Gasteiger partial charge in [0.2, 0.25) is 5.91 Å². The molecular formula is C21H21N3O4S. The SMILES string of the molecule is COC(=O)Cn1c(SCC(=O)N(C)Cc2ccccc2)nc2ccccc2c1=O. The van der Waals surface area contributed by atoms with E-state index in [2.05, 4.69) is 4.98 Å². The topological polar surface area (TPSA) is 81.5 Å². The van der Waals surface area contributed by atoms with Crippen LogP contribution < -0.4 is 5.56 Å². The summed E-state index contributed by atoms with van der Waals surface area (Å²) in [5.41, 5.74) is 1.21. The molecule has 3 aromatic rings. The molecule has 0 aliphatic heterocycles. The minimum absolute atomic E-state index is 0.0925. The van der Waals surface area contributed by atoms with Gasteiger partial charge in [-0.3, -0.25) is 19.0 Å². The van der Waals surface area contributed by atoms with Gasteiger partial charge in [-0.2, -0.15) is 0 Å². The number of esters is 1. The van der Waals surface area contributed by atoms with Crippen LogP contribution in [0.3, 0.4) is 0 Å². The lowest BCUT2D eigenvalue weighted by Gasteiger charge is -2.18. The van der Waals surface area contributed by atoms with E-state index in [1.165, 1.54) is 11.7 Å². The molecule has 7 nitrogen and oxygen atoms in total. The zero-order valence-corrected chi connectivity index (χ0v) is 17.0. The van der Waals surface area contributed by atoms with Crippen LogP contribution in [0.4, 0.5) is 0 Å². The first-order valence-electron chi connectivity index (χ1n) is 8.96. The first-order valence-corrected chi connectivity index (χ1v) is 9.95. The van der Waals surface area contributed by atoms with E-state index in [1.54, 1.807) is 36.2 Å². The van der Waals surface area contributed by atoms with Gasteiger partial charge in [0.05, 0.1) is 23.8 Å². The molecule has 0 saturated carbocycles. The first kappa shape index (κ1) is 20.6. The Bertz CT molecular complexity index is 1080. The Morgan fingerprint density at radius 3 is 2.52 bits per heavy atom. The van der Waals surface area contributed by atoms with Crippen LogP contribution in [0.2, 0.25) is 0 Å². The molecule has 0 aliphatic carbocycles. The predicted octanol–water partition coefficient (Wildman–Crippen LogP) is 2.32. The molecule has 3 rings (SSSR count). The highest BCUT2D eigenvalue weighted by atomic mass is 32.2. The molecule has 0 atom stereocenters. The van der Waals surface area contributed by atoms with Crippen molar-refractivity contribution in [3.8, 4) is 0 Å². The van der Waals surface area contributed by atoms with Gasteiger partial charge in [-0.15, -0.1) is 0 Å². The summed E-state index contributed by atoms with van der Waals surface area (Å²) in [6.45, 7) is 0.226. The van der Waals surface area contributed by atoms with E-state index in [4.69, 9.17) is 4.74 Å². The van der Waals surface area contributed by atoms with E-state index in [0.717, 1.165) is 17.3 Å².